The first-order valence-electron chi connectivity index (χ1n) is 12.5. The molecule has 1 heterocycles. The number of hydrogen-bond acceptors (Lipinski definition) is 9. The number of hydrogen-bond donors (Lipinski definition) is 0. The molecule has 0 aromatic heterocycles. The summed E-state index contributed by atoms with van der Waals surface area (Å²) in [6.45, 7) is 0. The molecule has 198 valence electrons. The lowest BCUT2D eigenvalue weighted by atomic mass is 9.60. The van der Waals surface area contributed by atoms with E-state index in [1.165, 1.54) is 0 Å². The normalized spacial score (nSPS) is 13.5. The highest BCUT2D eigenvalue weighted by Crippen LogP contribution is 2.10. The van der Waals surface area contributed by atoms with E-state index in [-0.39, 0.29) is 0 Å². The summed E-state index contributed by atoms with van der Waals surface area (Å²) < 4.78 is 51.1. The molecule has 0 spiro atoms. The van der Waals surface area contributed by atoms with Crippen molar-refractivity contribution in [2.45, 2.75) is 0 Å². The van der Waals surface area contributed by atoms with Crippen molar-refractivity contribution < 1.29 is 41.6 Å². The van der Waals surface area contributed by atoms with Crippen molar-refractivity contribution in [3.05, 3.63) is 72.8 Å². The fourth-order valence-corrected chi connectivity index (χ4v) is 4.44. The van der Waals surface area contributed by atoms with Crippen LogP contribution in [0.15, 0.2) is 72.8 Å². The minimum absolute atomic E-state index is 0.459. The number of benzene rings is 3. The molecular weight excluding hydrogens is 497 g/mol. The summed E-state index contributed by atoms with van der Waals surface area (Å²) in [6, 6.07) is 23.1. The molecule has 0 radical (unpaired) electrons. The largest absolute Gasteiger partial charge is 0.493 e. The van der Waals surface area contributed by atoms with Gasteiger partial charge in [0.05, 0.1) is 0 Å². The van der Waals surface area contributed by atoms with Gasteiger partial charge in [-0.15, -0.1) is 0 Å². The van der Waals surface area contributed by atoms with Crippen molar-refractivity contribution in [1.29, 1.82) is 0 Å². The Balaban J connectivity index is 1.62. The van der Waals surface area contributed by atoms with Gasteiger partial charge < -0.3 is 41.6 Å². The van der Waals surface area contributed by atoms with Gasteiger partial charge in [-0.2, -0.15) is 0 Å². The van der Waals surface area contributed by atoms with Crippen LogP contribution >= 0.6 is 0 Å². The van der Waals surface area contributed by atoms with E-state index in [0.29, 0.717) is 0 Å². The van der Waals surface area contributed by atoms with Gasteiger partial charge >= 0.3 is 42.7 Å². The van der Waals surface area contributed by atoms with Gasteiger partial charge in [0.15, 0.2) is 0 Å². The first kappa shape index (κ1) is 29.7. The average Bonchev–Trinajstić information content (AvgIpc) is 3.00. The molecule has 39 heavy (non-hydrogen) atoms. The van der Waals surface area contributed by atoms with E-state index in [9.17, 15) is 0 Å². The monoisotopic (exact) mass is 528 g/mol. The predicted molar refractivity (Wildman–Crippen MR) is 157 cm³/mol. The number of rotatable bonds is 12. The van der Waals surface area contributed by atoms with E-state index in [2.05, 4.69) is 0 Å². The smallest absolute Gasteiger partial charge is 0.445 e. The standard InChI is InChI=1S/C24H30B6O9/c1-31-25(32-2)19-7-13-22(14-8-19)28-37-29(23-15-9-20(10-16-23)26(33-3)34-4)39-30(38-28)24-17-11-21(12-18-24)27(35-5)36-6/h7-18H,1-6H3. The van der Waals surface area contributed by atoms with Crippen molar-refractivity contribution in [1.82, 2.24) is 0 Å². The Morgan fingerprint density at radius 1 is 0.385 bits per heavy atom. The Labute approximate surface area is 232 Å². The molecule has 4 rings (SSSR count). The SMILES string of the molecule is COB(OC)c1ccc(B2OB(c3ccc(B(OC)OC)cc3)OB(c3ccc(B(OC)OC)cc3)O2)cc1. The summed E-state index contributed by atoms with van der Waals surface area (Å²) in [6.07, 6.45) is 0. The Bertz CT molecular complexity index is 992. The molecule has 1 fully saturated rings. The van der Waals surface area contributed by atoms with E-state index in [1.54, 1.807) is 42.7 Å². The second-order valence-electron chi connectivity index (χ2n) is 8.81. The van der Waals surface area contributed by atoms with Gasteiger partial charge in [0.1, 0.15) is 0 Å². The van der Waals surface area contributed by atoms with E-state index < -0.39 is 42.7 Å². The fourth-order valence-electron chi connectivity index (χ4n) is 4.44. The lowest BCUT2D eigenvalue weighted by Crippen LogP contribution is -2.61. The lowest BCUT2D eigenvalue weighted by molar-refractivity contribution is 0.291. The minimum atomic E-state index is -0.693. The van der Waals surface area contributed by atoms with Crippen molar-refractivity contribution >= 4 is 75.5 Å². The molecule has 0 atom stereocenters. The molecule has 0 saturated carbocycles. The quantitative estimate of drug-likeness (QED) is 0.254. The fraction of sp³-hybridized carbons (Fsp3) is 0.250. The molecule has 0 aliphatic carbocycles. The molecule has 0 amide bonds. The van der Waals surface area contributed by atoms with E-state index in [0.717, 1.165) is 32.8 Å². The molecule has 3 aromatic carbocycles. The third kappa shape index (κ3) is 7.07. The Morgan fingerprint density at radius 3 is 0.769 bits per heavy atom. The van der Waals surface area contributed by atoms with Crippen LogP contribution in [0.5, 0.6) is 0 Å². The zero-order valence-electron chi connectivity index (χ0n) is 23.1. The highest BCUT2D eigenvalue weighted by atomic mass is 16.7. The van der Waals surface area contributed by atoms with Crippen LogP contribution in [-0.4, -0.2) is 85.4 Å². The summed E-state index contributed by atoms with van der Waals surface area (Å²) >= 11 is 0. The van der Waals surface area contributed by atoms with Gasteiger partial charge in [-0.3, -0.25) is 0 Å². The highest BCUT2D eigenvalue weighted by molar-refractivity contribution is 6.87. The van der Waals surface area contributed by atoms with Crippen LogP contribution in [0.1, 0.15) is 0 Å². The zero-order chi connectivity index (χ0) is 27.8. The minimum Gasteiger partial charge on any atom is -0.445 e. The molecule has 0 N–H and O–H groups in total. The molecule has 1 aliphatic heterocycles. The first-order valence-corrected chi connectivity index (χ1v) is 12.5. The van der Waals surface area contributed by atoms with Gasteiger partial charge in [-0.05, 0) is 32.8 Å². The maximum Gasteiger partial charge on any atom is 0.493 e. The van der Waals surface area contributed by atoms with Gasteiger partial charge in [-0.1, -0.05) is 72.8 Å². The maximum absolute atomic E-state index is 6.30. The van der Waals surface area contributed by atoms with Crippen molar-refractivity contribution in [2.24, 2.45) is 0 Å². The Morgan fingerprint density at radius 2 is 0.590 bits per heavy atom. The molecule has 9 nitrogen and oxygen atoms in total. The topological polar surface area (TPSA) is 83.1 Å². The van der Waals surface area contributed by atoms with E-state index in [4.69, 9.17) is 41.6 Å². The zero-order valence-corrected chi connectivity index (χ0v) is 23.1. The Kier molecular flexibility index (Phi) is 10.9. The second kappa shape index (κ2) is 14.4. The summed E-state index contributed by atoms with van der Waals surface area (Å²) in [4.78, 5) is 0. The van der Waals surface area contributed by atoms with Crippen LogP contribution in [-0.2, 0) is 41.6 Å². The van der Waals surface area contributed by atoms with Crippen molar-refractivity contribution in [3.8, 4) is 0 Å². The molecule has 1 saturated heterocycles. The summed E-state index contributed by atoms with van der Waals surface area (Å²) in [7, 11) is 6.14. The van der Waals surface area contributed by atoms with Gasteiger partial charge in [0.25, 0.3) is 0 Å². The summed E-state index contributed by atoms with van der Waals surface area (Å²) in [5.41, 5.74) is 5.13. The third-order valence-electron chi connectivity index (χ3n) is 6.47. The first-order chi connectivity index (χ1) is 19.0. The van der Waals surface area contributed by atoms with Gasteiger partial charge in [-0.25, -0.2) is 0 Å². The van der Waals surface area contributed by atoms with Crippen LogP contribution in [0.25, 0.3) is 0 Å². The molecular formula is C24H30B6O9. The summed E-state index contributed by atoms with van der Waals surface area (Å²) in [5, 5.41) is 0. The van der Waals surface area contributed by atoms with Gasteiger partial charge in [0.2, 0.25) is 0 Å². The van der Waals surface area contributed by atoms with Crippen molar-refractivity contribution in [3.63, 3.8) is 0 Å². The van der Waals surface area contributed by atoms with Gasteiger partial charge in [0, 0.05) is 42.7 Å². The third-order valence-corrected chi connectivity index (χ3v) is 6.47. The van der Waals surface area contributed by atoms with E-state index >= 15 is 0 Å². The van der Waals surface area contributed by atoms with E-state index in [1.807, 2.05) is 72.8 Å². The Hall–Kier alpha value is -2.31. The molecule has 3 aromatic rings. The lowest BCUT2D eigenvalue weighted by Gasteiger charge is -2.31. The van der Waals surface area contributed by atoms with Crippen LogP contribution < -0.4 is 32.8 Å². The molecule has 0 unspecified atom stereocenters. The van der Waals surface area contributed by atoms with Crippen LogP contribution in [0.3, 0.4) is 0 Å². The van der Waals surface area contributed by atoms with Crippen LogP contribution in [0.2, 0.25) is 0 Å². The van der Waals surface area contributed by atoms with Crippen LogP contribution in [0.4, 0.5) is 0 Å². The van der Waals surface area contributed by atoms with Crippen molar-refractivity contribution in [2.75, 3.05) is 42.7 Å². The maximum atomic E-state index is 6.30. The molecule has 15 heteroatoms. The predicted octanol–water partition coefficient (Wildman–Crippen LogP) is -1.80. The average molecular weight is 527 g/mol. The van der Waals surface area contributed by atoms with Crippen LogP contribution in [0, 0.1) is 0 Å². The molecule has 0 bridgehead atoms. The molecule has 1 aliphatic rings. The summed E-state index contributed by atoms with van der Waals surface area (Å²) in [5.74, 6) is 0. The highest BCUT2D eigenvalue weighted by Gasteiger charge is 2.43. The second-order valence-corrected chi connectivity index (χ2v) is 8.81.